The lowest BCUT2D eigenvalue weighted by molar-refractivity contribution is -0.123. The van der Waals surface area contributed by atoms with Crippen LogP contribution < -0.4 is 22.1 Å². The van der Waals surface area contributed by atoms with Crippen molar-refractivity contribution in [1.29, 1.82) is 0 Å². The molecule has 0 radical (unpaired) electrons. The number of carbonyl (C=O) groups is 2. The van der Waals surface area contributed by atoms with Crippen molar-refractivity contribution >= 4 is 34.0 Å². The fourth-order valence-corrected chi connectivity index (χ4v) is 5.88. The van der Waals surface area contributed by atoms with E-state index in [0.29, 0.717) is 38.2 Å². The van der Waals surface area contributed by atoms with E-state index in [4.69, 9.17) is 19.8 Å². The van der Waals surface area contributed by atoms with Gasteiger partial charge in [0.05, 0.1) is 31.1 Å². The van der Waals surface area contributed by atoms with Crippen LogP contribution in [0.4, 0.5) is 0 Å². The van der Waals surface area contributed by atoms with Crippen LogP contribution >= 0.6 is 12.0 Å². The highest BCUT2D eigenvalue weighted by Gasteiger charge is 2.25. The molecule has 0 aromatic heterocycles. The number of rotatable bonds is 20. The first-order valence-corrected chi connectivity index (χ1v) is 16.9. The molecule has 0 unspecified atom stereocenters. The van der Waals surface area contributed by atoms with Gasteiger partial charge in [-0.3, -0.25) is 13.8 Å². The third kappa shape index (κ3) is 15.7. The minimum absolute atomic E-state index is 0.0674. The molecular weight excluding hydrogens is 588 g/mol. The van der Waals surface area contributed by atoms with E-state index < -0.39 is 27.6 Å². The predicted octanol–water partition coefficient (Wildman–Crippen LogP) is 2.81. The Morgan fingerprint density at radius 2 is 1.23 bits per heavy atom. The quantitative estimate of drug-likeness (QED) is 0.0973. The van der Waals surface area contributed by atoms with Crippen LogP contribution in [0.5, 0.6) is 0 Å². The minimum atomic E-state index is -3.74. The molecule has 0 bridgehead atoms. The van der Waals surface area contributed by atoms with Crippen molar-refractivity contribution in [3.63, 3.8) is 0 Å². The Kier molecular flexibility index (Phi) is 15.1. The smallest absolute Gasteiger partial charge is 0.267 e. The number of nitrogens with one attached hydrogen (secondary N) is 2. The lowest BCUT2D eigenvalue weighted by atomic mass is 9.94. The number of amides is 2. The summed E-state index contributed by atoms with van der Waals surface area (Å²) in [6.07, 6.45) is 1.23. The zero-order valence-corrected chi connectivity index (χ0v) is 27.3. The average Bonchev–Trinajstić information content (AvgIpc) is 2.96. The highest BCUT2D eigenvalue weighted by Crippen LogP contribution is 2.19. The van der Waals surface area contributed by atoms with E-state index in [9.17, 15) is 18.0 Å². The van der Waals surface area contributed by atoms with Gasteiger partial charge in [0, 0.05) is 29.7 Å². The summed E-state index contributed by atoms with van der Waals surface area (Å²) in [6, 6.07) is 17.8. The summed E-state index contributed by atoms with van der Waals surface area (Å²) in [6.45, 7) is 8.49. The molecule has 0 spiro atoms. The Morgan fingerprint density at radius 3 is 1.70 bits per heavy atom. The summed E-state index contributed by atoms with van der Waals surface area (Å²) >= 11 is 1.18. The lowest BCUT2D eigenvalue weighted by Crippen LogP contribution is -2.46. The third-order valence-electron chi connectivity index (χ3n) is 6.54. The fourth-order valence-electron chi connectivity index (χ4n) is 3.80. The Bertz CT molecular complexity index is 1230. The standard InChI is InChI=1S/C31H48N4O6S2/c1-30(2,20-34-28(36)26(32)18-24-12-7-5-8-13-24)22-40-42-16-11-17-43(38,39)41-23-31(3,4)21-35-29(37)27(33)19-25-14-9-6-10-15-25/h5-10,12-15,26-27H,11,16-23,32-33H2,1-4H3,(H,34,36)(H,35,37)/t26-,27-/m0/s1. The molecule has 2 aromatic carbocycles. The summed E-state index contributed by atoms with van der Waals surface area (Å²) in [5.41, 5.74) is 13.1. The third-order valence-corrected chi connectivity index (χ3v) is 8.54. The van der Waals surface area contributed by atoms with Gasteiger partial charge in [-0.2, -0.15) is 8.42 Å². The van der Waals surface area contributed by atoms with Gasteiger partial charge in [0.1, 0.15) is 0 Å². The summed E-state index contributed by atoms with van der Waals surface area (Å²) in [5.74, 6) is -0.195. The fraction of sp³-hybridized carbons (Fsp3) is 0.548. The molecule has 2 aromatic rings. The normalized spacial score (nSPS) is 13.7. The van der Waals surface area contributed by atoms with Crippen molar-refractivity contribution in [3.05, 3.63) is 71.8 Å². The number of carbonyl (C=O) groups excluding carboxylic acids is 2. The summed E-state index contributed by atoms with van der Waals surface area (Å²) in [5, 5.41) is 5.69. The van der Waals surface area contributed by atoms with Gasteiger partial charge >= 0.3 is 0 Å². The SMILES string of the molecule is CC(C)(CNC(=O)[C@@H](N)Cc1ccccc1)COSCCCS(=O)(=O)OCC(C)(C)CNC(=O)[C@@H](N)Cc1ccccc1. The second-order valence-electron chi connectivity index (χ2n) is 12.3. The van der Waals surface area contributed by atoms with Crippen LogP contribution in [0.1, 0.15) is 45.2 Å². The zero-order chi connectivity index (χ0) is 31.9. The molecular formula is C31H48N4O6S2. The number of hydrogen-bond donors (Lipinski definition) is 4. The Balaban J connectivity index is 1.59. The molecule has 10 nitrogen and oxygen atoms in total. The minimum Gasteiger partial charge on any atom is -0.354 e. The predicted molar refractivity (Wildman–Crippen MR) is 173 cm³/mol. The van der Waals surface area contributed by atoms with Crippen LogP contribution in [0.2, 0.25) is 0 Å². The van der Waals surface area contributed by atoms with Crippen molar-refractivity contribution in [3.8, 4) is 0 Å². The monoisotopic (exact) mass is 636 g/mol. The van der Waals surface area contributed by atoms with Crippen molar-refractivity contribution in [1.82, 2.24) is 10.6 Å². The second kappa shape index (κ2) is 17.7. The Labute approximate surface area is 261 Å². The van der Waals surface area contributed by atoms with Crippen LogP contribution in [0, 0.1) is 10.8 Å². The molecule has 0 fully saturated rings. The van der Waals surface area contributed by atoms with Crippen LogP contribution in [0.3, 0.4) is 0 Å². The topological polar surface area (TPSA) is 163 Å². The molecule has 0 saturated carbocycles. The van der Waals surface area contributed by atoms with Crippen molar-refractivity contribution in [2.75, 3.05) is 37.8 Å². The van der Waals surface area contributed by atoms with E-state index in [2.05, 4.69) is 10.6 Å². The Hall–Kier alpha value is -2.48. The van der Waals surface area contributed by atoms with Gasteiger partial charge in [-0.15, -0.1) is 0 Å². The van der Waals surface area contributed by atoms with E-state index in [0.717, 1.165) is 11.1 Å². The van der Waals surface area contributed by atoms with E-state index in [1.165, 1.54) is 12.0 Å². The van der Waals surface area contributed by atoms with Gasteiger partial charge in [-0.25, -0.2) is 0 Å². The Morgan fingerprint density at radius 1 is 0.791 bits per heavy atom. The lowest BCUT2D eigenvalue weighted by Gasteiger charge is -2.25. The van der Waals surface area contributed by atoms with Crippen molar-refractivity contribution in [2.45, 2.75) is 59.0 Å². The summed E-state index contributed by atoms with van der Waals surface area (Å²) in [7, 11) is -3.74. The molecule has 6 N–H and O–H groups in total. The van der Waals surface area contributed by atoms with Gasteiger partial charge in [0.2, 0.25) is 11.8 Å². The first-order valence-electron chi connectivity index (χ1n) is 14.4. The second-order valence-corrected chi connectivity index (χ2v) is 15.0. The molecule has 0 aliphatic heterocycles. The van der Waals surface area contributed by atoms with Crippen molar-refractivity contribution < 1.29 is 26.4 Å². The maximum atomic E-state index is 12.4. The van der Waals surface area contributed by atoms with Gasteiger partial charge in [0.15, 0.2) is 0 Å². The highest BCUT2D eigenvalue weighted by atomic mass is 32.2. The first kappa shape index (κ1) is 36.7. The molecule has 12 heteroatoms. The molecule has 240 valence electrons. The van der Waals surface area contributed by atoms with E-state index in [1.54, 1.807) is 0 Å². The average molecular weight is 637 g/mol. The van der Waals surface area contributed by atoms with E-state index in [-0.39, 0.29) is 36.1 Å². The number of nitrogens with two attached hydrogens (primary N) is 2. The highest BCUT2D eigenvalue weighted by molar-refractivity contribution is 7.94. The van der Waals surface area contributed by atoms with Crippen LogP contribution in [-0.2, 0) is 40.9 Å². The van der Waals surface area contributed by atoms with E-state index >= 15 is 0 Å². The maximum absolute atomic E-state index is 12.4. The molecule has 43 heavy (non-hydrogen) atoms. The molecule has 0 aliphatic carbocycles. The van der Waals surface area contributed by atoms with Crippen molar-refractivity contribution in [2.24, 2.45) is 22.3 Å². The molecule has 0 heterocycles. The molecule has 2 atom stereocenters. The summed E-state index contributed by atoms with van der Waals surface area (Å²) in [4.78, 5) is 24.8. The van der Waals surface area contributed by atoms with E-state index in [1.807, 2.05) is 88.4 Å². The van der Waals surface area contributed by atoms with Crippen LogP contribution in [0.15, 0.2) is 60.7 Å². The number of benzene rings is 2. The summed E-state index contributed by atoms with van der Waals surface area (Å²) < 4.78 is 35.7. The van der Waals surface area contributed by atoms with Gasteiger partial charge in [-0.05, 0) is 42.4 Å². The largest absolute Gasteiger partial charge is 0.354 e. The maximum Gasteiger partial charge on any atom is 0.267 e. The molecule has 0 aliphatic rings. The van der Waals surface area contributed by atoms with Crippen LogP contribution in [-0.4, -0.2) is 70.1 Å². The van der Waals surface area contributed by atoms with Gasteiger partial charge in [0.25, 0.3) is 10.1 Å². The number of hydrogen-bond acceptors (Lipinski definition) is 9. The molecule has 0 saturated heterocycles. The molecule has 2 rings (SSSR count). The molecule has 2 amide bonds. The zero-order valence-electron chi connectivity index (χ0n) is 25.7. The van der Waals surface area contributed by atoms with Gasteiger partial charge < -0.3 is 26.3 Å². The van der Waals surface area contributed by atoms with Crippen LogP contribution in [0.25, 0.3) is 0 Å². The first-order chi connectivity index (χ1) is 20.2. The van der Waals surface area contributed by atoms with Gasteiger partial charge in [-0.1, -0.05) is 88.4 Å².